The summed E-state index contributed by atoms with van der Waals surface area (Å²) in [5.74, 6) is 0.276. The van der Waals surface area contributed by atoms with Gasteiger partial charge in [0, 0.05) is 24.5 Å². The summed E-state index contributed by atoms with van der Waals surface area (Å²) in [5.41, 5.74) is 6.15. The smallest absolute Gasteiger partial charge is 0.219 e. The molecule has 0 bridgehead atoms. The van der Waals surface area contributed by atoms with E-state index >= 15 is 0 Å². The highest BCUT2D eigenvalue weighted by Crippen LogP contribution is 1.95. The van der Waals surface area contributed by atoms with Crippen molar-refractivity contribution in [1.29, 1.82) is 0 Å². The molecule has 5 heteroatoms. The number of nitrogens with two attached hydrogens (primary N) is 1. The Morgan fingerprint density at radius 2 is 2.10 bits per heavy atom. The van der Waals surface area contributed by atoms with Gasteiger partial charge in [0.2, 0.25) is 5.95 Å². The molecule has 3 N–H and O–H groups in total. The van der Waals surface area contributed by atoms with E-state index in [0.717, 1.165) is 5.56 Å². The van der Waals surface area contributed by atoms with Crippen molar-refractivity contribution in [2.24, 2.45) is 0 Å². The van der Waals surface area contributed by atoms with E-state index in [1.54, 1.807) is 12.4 Å². The minimum absolute atomic E-state index is 0.276. The number of nitrogens with zero attached hydrogens (tertiary/aromatic N) is 2. The minimum atomic E-state index is 0.276. The van der Waals surface area contributed by atoms with Crippen molar-refractivity contribution in [2.45, 2.75) is 6.54 Å². The number of nitrogens with one attached hydrogen (secondary N) is 1. The number of anilines is 1. The summed E-state index contributed by atoms with van der Waals surface area (Å²) in [6.07, 6.45) is 3.25. The van der Waals surface area contributed by atoms with Crippen LogP contribution in [0.5, 0.6) is 0 Å². The normalized spacial score (nSPS) is 9.70. The summed E-state index contributed by atoms with van der Waals surface area (Å²) in [4.78, 5) is 9.99. The highest BCUT2D eigenvalue weighted by molar-refractivity contribution is 6.13. The minimum Gasteiger partial charge on any atom is -0.368 e. The quantitative estimate of drug-likeness (QED) is 0.608. The number of rotatable bonds is 2. The molecule has 0 fully saturated rings. The fourth-order valence-electron chi connectivity index (χ4n) is 0.533. The van der Waals surface area contributed by atoms with Gasteiger partial charge < -0.3 is 5.73 Å². The maximum atomic E-state index is 5.25. The molecule has 0 atom stereocenters. The highest BCUT2D eigenvalue weighted by Gasteiger charge is 1.91. The molecule has 10 heavy (non-hydrogen) atoms. The van der Waals surface area contributed by atoms with Crippen molar-refractivity contribution in [3.63, 3.8) is 0 Å². The molecule has 0 aromatic carbocycles. The Bertz CT molecular complexity index is 197. The Morgan fingerprint density at radius 1 is 1.50 bits per heavy atom. The van der Waals surface area contributed by atoms with Crippen LogP contribution in [-0.2, 0) is 6.54 Å². The second kappa shape index (κ2) is 3.34. The van der Waals surface area contributed by atoms with Crippen LogP contribution in [0.25, 0.3) is 0 Å². The van der Waals surface area contributed by atoms with E-state index in [1.165, 1.54) is 0 Å². The third-order valence-electron chi connectivity index (χ3n) is 0.996. The van der Waals surface area contributed by atoms with E-state index in [-0.39, 0.29) is 5.95 Å². The summed E-state index contributed by atoms with van der Waals surface area (Å²) in [5, 5.41) is 0. The summed E-state index contributed by atoms with van der Waals surface area (Å²) in [6.45, 7) is 0.543. The molecule has 0 spiro atoms. The van der Waals surface area contributed by atoms with Crippen LogP contribution >= 0.6 is 11.8 Å². The number of aromatic nitrogens is 2. The van der Waals surface area contributed by atoms with Crippen molar-refractivity contribution in [2.75, 3.05) is 5.73 Å². The predicted octanol–water partition coefficient (Wildman–Crippen LogP) is 0.302. The van der Waals surface area contributed by atoms with Crippen LogP contribution in [0.1, 0.15) is 5.56 Å². The van der Waals surface area contributed by atoms with Crippen molar-refractivity contribution in [1.82, 2.24) is 14.8 Å². The second-order valence-corrected chi connectivity index (χ2v) is 2.03. The maximum Gasteiger partial charge on any atom is 0.219 e. The molecule has 0 amide bonds. The molecule has 0 aliphatic carbocycles. The Kier molecular flexibility index (Phi) is 2.42. The number of hydrogen-bond donors (Lipinski definition) is 2. The van der Waals surface area contributed by atoms with Gasteiger partial charge in [-0.1, -0.05) is 0 Å². The first-order valence-electron chi connectivity index (χ1n) is 2.73. The third-order valence-corrected chi connectivity index (χ3v) is 1.13. The first-order chi connectivity index (χ1) is 4.83. The molecule has 0 saturated carbocycles. The van der Waals surface area contributed by atoms with Crippen molar-refractivity contribution >= 4 is 17.7 Å². The monoisotopic (exact) mass is 158 g/mol. The molecule has 1 heterocycles. The first kappa shape index (κ1) is 7.24. The molecule has 0 aliphatic heterocycles. The maximum absolute atomic E-state index is 5.25. The Morgan fingerprint density at radius 3 is 2.60 bits per heavy atom. The van der Waals surface area contributed by atoms with Gasteiger partial charge in [0.25, 0.3) is 0 Å². The van der Waals surface area contributed by atoms with Crippen molar-refractivity contribution in [3.8, 4) is 0 Å². The molecule has 1 aromatic rings. The van der Waals surface area contributed by atoms with Gasteiger partial charge in [0.05, 0.1) is 0 Å². The molecule has 4 nitrogen and oxygen atoms in total. The van der Waals surface area contributed by atoms with Gasteiger partial charge in [-0.05, 0) is 11.8 Å². The Hall–Kier alpha value is -0.870. The number of nitrogen functional groups attached to an aromatic ring is 1. The van der Waals surface area contributed by atoms with Crippen molar-refractivity contribution < 1.29 is 0 Å². The van der Waals surface area contributed by atoms with Crippen molar-refractivity contribution in [3.05, 3.63) is 18.0 Å². The zero-order chi connectivity index (χ0) is 7.40. The standard InChI is InChI=1S/C5H7ClN4/c6-10-3-4-1-8-5(7)9-2-4/h1-2,10H,3H2,(H2,7,8,9). The molecule has 54 valence electrons. The Balaban J connectivity index is 2.69. The molecular weight excluding hydrogens is 152 g/mol. The van der Waals surface area contributed by atoms with Crippen LogP contribution in [0.3, 0.4) is 0 Å². The second-order valence-electron chi connectivity index (χ2n) is 1.76. The summed E-state index contributed by atoms with van der Waals surface area (Å²) >= 11 is 5.24. The molecule has 1 rings (SSSR count). The van der Waals surface area contributed by atoms with Crippen LogP contribution in [0, 0.1) is 0 Å². The van der Waals surface area contributed by atoms with Gasteiger partial charge >= 0.3 is 0 Å². The van der Waals surface area contributed by atoms with E-state index in [9.17, 15) is 0 Å². The van der Waals surface area contributed by atoms with Gasteiger partial charge in [-0.3, -0.25) is 0 Å². The number of halogens is 1. The average molecular weight is 159 g/mol. The molecule has 0 unspecified atom stereocenters. The summed E-state index contributed by atoms with van der Waals surface area (Å²) in [6, 6.07) is 0. The van der Waals surface area contributed by atoms with Crippen LogP contribution in [0.4, 0.5) is 5.95 Å². The Labute approximate surface area is 63.5 Å². The topological polar surface area (TPSA) is 63.8 Å². The number of hydrogen-bond acceptors (Lipinski definition) is 4. The van der Waals surface area contributed by atoms with Gasteiger partial charge in [0.1, 0.15) is 0 Å². The van der Waals surface area contributed by atoms with E-state index in [2.05, 4.69) is 14.8 Å². The average Bonchev–Trinajstić information content (AvgIpc) is 1.95. The fraction of sp³-hybridized carbons (Fsp3) is 0.200. The van der Waals surface area contributed by atoms with Gasteiger partial charge in [0.15, 0.2) is 0 Å². The molecule has 0 aliphatic rings. The first-order valence-corrected chi connectivity index (χ1v) is 3.10. The molecule has 0 saturated heterocycles. The molecule has 0 radical (unpaired) electrons. The zero-order valence-electron chi connectivity index (χ0n) is 5.21. The van der Waals surface area contributed by atoms with Gasteiger partial charge in [-0.25, -0.2) is 14.8 Å². The third kappa shape index (κ3) is 1.82. The summed E-state index contributed by atoms with van der Waals surface area (Å²) in [7, 11) is 0. The zero-order valence-corrected chi connectivity index (χ0v) is 5.97. The van der Waals surface area contributed by atoms with E-state index < -0.39 is 0 Å². The lowest BCUT2D eigenvalue weighted by atomic mass is 10.3. The lowest BCUT2D eigenvalue weighted by Crippen LogP contribution is -2.01. The van der Waals surface area contributed by atoms with Crippen LogP contribution < -0.4 is 10.6 Å². The van der Waals surface area contributed by atoms with E-state index in [4.69, 9.17) is 17.5 Å². The van der Waals surface area contributed by atoms with Crippen LogP contribution in [0.15, 0.2) is 12.4 Å². The van der Waals surface area contributed by atoms with Crippen LogP contribution in [0.2, 0.25) is 0 Å². The predicted molar refractivity (Wildman–Crippen MR) is 39.1 cm³/mol. The van der Waals surface area contributed by atoms with Gasteiger partial charge in [-0.2, -0.15) is 0 Å². The SMILES string of the molecule is Nc1ncc(CNCl)cn1. The largest absolute Gasteiger partial charge is 0.368 e. The van der Waals surface area contributed by atoms with E-state index in [0.29, 0.717) is 6.54 Å². The highest BCUT2D eigenvalue weighted by atomic mass is 35.5. The lowest BCUT2D eigenvalue weighted by Gasteiger charge is -1.95. The lowest BCUT2D eigenvalue weighted by molar-refractivity contribution is 0.936. The molecular formula is C5H7ClN4. The van der Waals surface area contributed by atoms with E-state index in [1.807, 2.05) is 0 Å². The summed E-state index contributed by atoms with van der Waals surface area (Å²) < 4.78 is 0. The van der Waals surface area contributed by atoms with Gasteiger partial charge in [-0.15, -0.1) is 0 Å². The van der Waals surface area contributed by atoms with Crippen LogP contribution in [-0.4, -0.2) is 9.97 Å². The fourth-order valence-corrected chi connectivity index (χ4v) is 0.688. The molecule has 1 aromatic heterocycles.